The van der Waals surface area contributed by atoms with Crippen LogP contribution in [-0.2, 0) is 26.8 Å². The Hall–Kier alpha value is -2.81. The summed E-state index contributed by atoms with van der Waals surface area (Å²) >= 11 is 6.22. The highest BCUT2D eigenvalue weighted by Gasteiger charge is 2.26. The van der Waals surface area contributed by atoms with Gasteiger partial charge in [-0.3, -0.25) is 0 Å². The van der Waals surface area contributed by atoms with Gasteiger partial charge in [-0.05, 0) is 54.8 Å². The van der Waals surface area contributed by atoms with Crippen molar-refractivity contribution in [3.8, 4) is 0 Å². The van der Waals surface area contributed by atoms with E-state index < -0.39 is 20.2 Å². The molecule has 0 radical (unpaired) electrons. The second-order valence-corrected chi connectivity index (χ2v) is 11.1. The lowest BCUT2D eigenvalue weighted by molar-refractivity contribution is 0.565. The molecule has 0 amide bonds. The first-order valence-electron chi connectivity index (χ1n) is 10.1. The molecule has 0 spiro atoms. The first kappa shape index (κ1) is 24.3. The highest BCUT2D eigenvalue weighted by molar-refractivity contribution is 7.89. The molecule has 2 aromatic carbocycles. The van der Waals surface area contributed by atoms with E-state index >= 15 is 0 Å². The molecule has 1 saturated carbocycles. The first-order valence-corrected chi connectivity index (χ1v) is 13.5. The summed E-state index contributed by atoms with van der Waals surface area (Å²) < 4.78 is 51.7. The zero-order chi connectivity index (χ0) is 24.3. The summed E-state index contributed by atoms with van der Waals surface area (Å²) in [7, 11) is -7.29. The van der Waals surface area contributed by atoms with Crippen LogP contribution in [0.5, 0.6) is 0 Å². The van der Waals surface area contributed by atoms with E-state index in [1.807, 2.05) is 0 Å². The van der Waals surface area contributed by atoms with Crippen molar-refractivity contribution in [1.82, 2.24) is 19.4 Å². The Morgan fingerprint density at radius 1 is 0.941 bits per heavy atom. The number of halogens is 1. The molecule has 180 valence electrons. The smallest absolute Gasteiger partial charge is 0.277 e. The van der Waals surface area contributed by atoms with Gasteiger partial charge in [0.25, 0.3) is 10.2 Å². The molecule has 1 fully saturated rings. The largest absolute Gasteiger partial charge is 0.339 e. The molecule has 6 N–H and O–H groups in total. The van der Waals surface area contributed by atoms with Crippen molar-refractivity contribution < 1.29 is 16.8 Å². The van der Waals surface area contributed by atoms with Crippen LogP contribution >= 0.6 is 11.6 Å². The molecule has 4 rings (SSSR count). The topological polar surface area (TPSA) is 168 Å². The number of sulfonamides is 1. The van der Waals surface area contributed by atoms with E-state index in [-0.39, 0.29) is 28.5 Å². The predicted molar refractivity (Wildman–Crippen MR) is 130 cm³/mol. The van der Waals surface area contributed by atoms with Crippen LogP contribution in [0.2, 0.25) is 5.02 Å². The number of benzene rings is 2. The number of rotatable bonds is 10. The average Bonchev–Trinajstić information content (AvgIpc) is 3.59. The molecule has 34 heavy (non-hydrogen) atoms. The predicted octanol–water partition coefficient (Wildman–Crippen LogP) is 2.35. The fourth-order valence-electron chi connectivity index (χ4n) is 2.86. The molecule has 0 unspecified atom stereocenters. The van der Waals surface area contributed by atoms with Gasteiger partial charge in [-0.2, -0.15) is 22.8 Å². The SMILES string of the molecule is NS(=O)(=O)c1ccc(Nc2ncc(Cl)c(Nc3ccc(CNS(=O)(=O)NC4CC4)cc3)n2)cc1. The third kappa shape index (κ3) is 6.85. The summed E-state index contributed by atoms with van der Waals surface area (Å²) in [5, 5.41) is 11.5. The summed E-state index contributed by atoms with van der Waals surface area (Å²) in [4.78, 5) is 8.47. The molecule has 14 heteroatoms. The number of nitrogens with one attached hydrogen (secondary N) is 4. The van der Waals surface area contributed by atoms with E-state index in [0.717, 1.165) is 18.4 Å². The van der Waals surface area contributed by atoms with Gasteiger partial charge in [0, 0.05) is 24.0 Å². The van der Waals surface area contributed by atoms with Crippen LogP contribution < -0.4 is 25.2 Å². The van der Waals surface area contributed by atoms with Gasteiger partial charge in [0.1, 0.15) is 5.02 Å². The van der Waals surface area contributed by atoms with Gasteiger partial charge in [0.15, 0.2) is 5.82 Å². The van der Waals surface area contributed by atoms with Crippen molar-refractivity contribution in [3.05, 3.63) is 65.3 Å². The van der Waals surface area contributed by atoms with Crippen LogP contribution in [0.4, 0.5) is 23.1 Å². The maximum absolute atomic E-state index is 11.9. The zero-order valence-electron chi connectivity index (χ0n) is 17.7. The van der Waals surface area contributed by atoms with Crippen molar-refractivity contribution in [2.24, 2.45) is 5.14 Å². The van der Waals surface area contributed by atoms with Crippen LogP contribution in [-0.4, -0.2) is 32.8 Å². The minimum absolute atomic E-state index is 0.00662. The van der Waals surface area contributed by atoms with E-state index in [2.05, 4.69) is 30.0 Å². The summed E-state index contributed by atoms with van der Waals surface area (Å²) in [6.07, 6.45) is 3.16. The maximum atomic E-state index is 11.9. The van der Waals surface area contributed by atoms with Crippen LogP contribution in [0.1, 0.15) is 18.4 Å². The van der Waals surface area contributed by atoms with Crippen LogP contribution in [0.3, 0.4) is 0 Å². The van der Waals surface area contributed by atoms with E-state index in [4.69, 9.17) is 16.7 Å². The standard InChI is InChI=1S/C20H22ClN7O4S2/c21-18-12-23-20(26-15-7-9-17(10-8-15)33(22,29)30)27-19(18)25-14-3-1-13(2-4-14)11-24-34(31,32)28-16-5-6-16/h1-4,7-10,12,16,24,28H,5-6,11H2,(H2,22,29,30)(H2,23,25,26,27). The molecule has 1 aliphatic rings. The van der Waals surface area contributed by atoms with Gasteiger partial charge in [-0.15, -0.1) is 0 Å². The van der Waals surface area contributed by atoms with Gasteiger partial charge >= 0.3 is 0 Å². The number of hydrogen-bond acceptors (Lipinski definition) is 8. The Kier molecular flexibility index (Phi) is 7.02. The Balaban J connectivity index is 1.39. The molecule has 11 nitrogen and oxygen atoms in total. The van der Waals surface area contributed by atoms with Crippen LogP contribution in [0, 0.1) is 0 Å². The monoisotopic (exact) mass is 523 g/mol. The molecular formula is C20H22ClN7O4S2. The Morgan fingerprint density at radius 3 is 2.18 bits per heavy atom. The van der Waals surface area contributed by atoms with Gasteiger partial charge < -0.3 is 10.6 Å². The van der Waals surface area contributed by atoms with Crippen molar-refractivity contribution >= 4 is 55.0 Å². The number of nitrogens with zero attached hydrogens (tertiary/aromatic N) is 2. The fourth-order valence-corrected chi connectivity index (χ4v) is 4.62. The molecule has 0 bridgehead atoms. The summed E-state index contributed by atoms with van der Waals surface area (Å²) in [6.45, 7) is 0.162. The molecule has 1 heterocycles. The summed E-state index contributed by atoms with van der Waals surface area (Å²) in [5.41, 5.74) is 2.03. The maximum Gasteiger partial charge on any atom is 0.277 e. The summed E-state index contributed by atoms with van der Waals surface area (Å²) in [5.74, 6) is 0.590. The molecule has 0 saturated heterocycles. The third-order valence-electron chi connectivity index (χ3n) is 4.77. The molecule has 0 aliphatic heterocycles. The number of hydrogen-bond donors (Lipinski definition) is 5. The Bertz CT molecular complexity index is 1380. The van der Waals surface area contributed by atoms with Crippen LogP contribution in [0.25, 0.3) is 0 Å². The number of aromatic nitrogens is 2. The average molecular weight is 524 g/mol. The normalized spacial score (nSPS) is 14.1. The lowest BCUT2D eigenvalue weighted by Gasteiger charge is -2.11. The fraction of sp³-hybridized carbons (Fsp3) is 0.200. The Labute approximate surface area is 202 Å². The molecule has 1 aliphatic carbocycles. The van der Waals surface area contributed by atoms with E-state index in [9.17, 15) is 16.8 Å². The lowest BCUT2D eigenvalue weighted by Crippen LogP contribution is -2.37. The van der Waals surface area contributed by atoms with Gasteiger partial charge in [-0.25, -0.2) is 18.5 Å². The van der Waals surface area contributed by atoms with Crippen molar-refractivity contribution in [3.63, 3.8) is 0 Å². The highest BCUT2D eigenvalue weighted by atomic mass is 35.5. The minimum Gasteiger partial charge on any atom is -0.339 e. The molecule has 1 aromatic heterocycles. The number of primary sulfonamides is 1. The van der Waals surface area contributed by atoms with Crippen molar-refractivity contribution in [2.75, 3.05) is 10.6 Å². The number of nitrogens with two attached hydrogens (primary N) is 1. The minimum atomic E-state index is -3.78. The van der Waals surface area contributed by atoms with Crippen molar-refractivity contribution in [2.45, 2.75) is 30.3 Å². The van der Waals surface area contributed by atoms with E-state index in [1.165, 1.54) is 30.5 Å². The van der Waals surface area contributed by atoms with Gasteiger partial charge in [0.05, 0.1) is 11.1 Å². The van der Waals surface area contributed by atoms with Gasteiger partial charge in [-0.1, -0.05) is 23.7 Å². The zero-order valence-corrected chi connectivity index (χ0v) is 20.1. The van der Waals surface area contributed by atoms with Crippen molar-refractivity contribution in [1.29, 1.82) is 0 Å². The number of anilines is 4. The van der Waals surface area contributed by atoms with E-state index in [0.29, 0.717) is 17.2 Å². The molecular weight excluding hydrogens is 502 g/mol. The summed E-state index contributed by atoms with van der Waals surface area (Å²) in [6, 6.07) is 13.0. The lowest BCUT2D eigenvalue weighted by atomic mass is 10.2. The Morgan fingerprint density at radius 2 is 1.56 bits per heavy atom. The van der Waals surface area contributed by atoms with E-state index in [1.54, 1.807) is 24.3 Å². The quantitative estimate of drug-likeness (QED) is 0.270. The first-order chi connectivity index (χ1) is 16.1. The molecule has 3 aromatic rings. The third-order valence-corrected chi connectivity index (χ3v) is 7.14. The van der Waals surface area contributed by atoms with Gasteiger partial charge in [0.2, 0.25) is 16.0 Å². The molecule has 0 atom stereocenters. The highest BCUT2D eigenvalue weighted by Crippen LogP contribution is 2.25. The van der Waals surface area contributed by atoms with Crippen LogP contribution in [0.15, 0.2) is 59.6 Å². The second kappa shape index (κ2) is 9.82. The second-order valence-electron chi connectivity index (χ2n) is 7.62.